The van der Waals surface area contributed by atoms with Crippen molar-refractivity contribution in [3.63, 3.8) is 0 Å². The SMILES string of the molecule is COc1cccc(C(=O)N2CC3(C[C@H](Oc4cccnc4)CS3)C2)c1. The minimum absolute atomic E-state index is 0.0711. The minimum Gasteiger partial charge on any atom is -0.497 e. The maximum absolute atomic E-state index is 12.6. The zero-order valence-corrected chi connectivity index (χ0v) is 14.9. The van der Waals surface area contributed by atoms with E-state index in [1.54, 1.807) is 25.6 Å². The van der Waals surface area contributed by atoms with E-state index in [-0.39, 0.29) is 16.8 Å². The molecule has 2 aliphatic rings. The van der Waals surface area contributed by atoms with Gasteiger partial charge in [-0.05, 0) is 30.3 Å². The van der Waals surface area contributed by atoms with Crippen LogP contribution in [0.15, 0.2) is 48.8 Å². The molecular weight excluding hydrogens is 336 g/mol. The van der Waals surface area contributed by atoms with Gasteiger partial charge in [0.25, 0.3) is 5.91 Å². The second-order valence-electron chi connectivity index (χ2n) is 6.52. The molecule has 5 nitrogen and oxygen atoms in total. The van der Waals surface area contributed by atoms with Crippen LogP contribution in [0.5, 0.6) is 11.5 Å². The Kier molecular flexibility index (Phi) is 4.29. The lowest BCUT2D eigenvalue weighted by Gasteiger charge is -2.47. The number of carbonyl (C=O) groups excluding carboxylic acids is 1. The molecule has 2 aliphatic heterocycles. The van der Waals surface area contributed by atoms with Gasteiger partial charge >= 0.3 is 0 Å². The number of likely N-dealkylation sites (tertiary alicyclic amines) is 1. The first-order valence-corrected chi connectivity index (χ1v) is 9.30. The Hall–Kier alpha value is -2.21. The Bertz CT molecular complexity index is 762. The molecule has 1 spiro atoms. The lowest BCUT2D eigenvalue weighted by atomic mass is 9.92. The molecule has 2 saturated heterocycles. The third-order valence-corrected chi connectivity index (χ3v) is 6.25. The number of rotatable bonds is 4. The second kappa shape index (κ2) is 6.59. The van der Waals surface area contributed by atoms with Crippen LogP contribution in [-0.4, -0.2) is 52.6 Å². The number of aromatic nitrogens is 1. The van der Waals surface area contributed by atoms with Gasteiger partial charge in [-0.1, -0.05) is 6.07 Å². The van der Waals surface area contributed by atoms with Gasteiger partial charge < -0.3 is 14.4 Å². The number of thioether (sulfide) groups is 1. The molecule has 4 rings (SSSR count). The number of hydrogen-bond acceptors (Lipinski definition) is 5. The fourth-order valence-electron chi connectivity index (χ4n) is 3.44. The summed E-state index contributed by atoms with van der Waals surface area (Å²) in [5, 5.41) is 0. The molecule has 1 atom stereocenters. The van der Waals surface area contributed by atoms with Crippen LogP contribution in [0, 0.1) is 0 Å². The van der Waals surface area contributed by atoms with Crippen molar-refractivity contribution in [2.75, 3.05) is 26.0 Å². The lowest BCUT2D eigenvalue weighted by Crippen LogP contribution is -2.60. The number of hydrogen-bond donors (Lipinski definition) is 0. The van der Waals surface area contributed by atoms with Crippen LogP contribution in [0.3, 0.4) is 0 Å². The Morgan fingerprint density at radius 1 is 1.28 bits per heavy atom. The van der Waals surface area contributed by atoms with E-state index in [0.29, 0.717) is 11.3 Å². The molecule has 0 saturated carbocycles. The van der Waals surface area contributed by atoms with E-state index in [1.807, 2.05) is 47.0 Å². The monoisotopic (exact) mass is 356 g/mol. The van der Waals surface area contributed by atoms with Crippen LogP contribution < -0.4 is 9.47 Å². The van der Waals surface area contributed by atoms with Crippen LogP contribution in [0.4, 0.5) is 0 Å². The van der Waals surface area contributed by atoms with Gasteiger partial charge in [-0.15, -0.1) is 11.8 Å². The summed E-state index contributed by atoms with van der Waals surface area (Å²) in [7, 11) is 1.61. The topological polar surface area (TPSA) is 51.7 Å². The summed E-state index contributed by atoms with van der Waals surface area (Å²) < 4.78 is 11.4. The van der Waals surface area contributed by atoms with E-state index in [1.165, 1.54) is 0 Å². The summed E-state index contributed by atoms with van der Waals surface area (Å²) in [6.45, 7) is 1.56. The van der Waals surface area contributed by atoms with Gasteiger partial charge in [0.15, 0.2) is 0 Å². The van der Waals surface area contributed by atoms with Crippen molar-refractivity contribution in [1.29, 1.82) is 0 Å². The van der Waals surface area contributed by atoms with Gasteiger partial charge in [-0.2, -0.15) is 0 Å². The number of amides is 1. The predicted molar refractivity (Wildman–Crippen MR) is 97.4 cm³/mol. The molecule has 0 aliphatic carbocycles. The summed E-state index contributed by atoms with van der Waals surface area (Å²) in [6.07, 6.45) is 4.64. The van der Waals surface area contributed by atoms with Gasteiger partial charge in [0.1, 0.15) is 17.6 Å². The number of pyridine rings is 1. The number of nitrogens with zero attached hydrogens (tertiary/aromatic N) is 2. The van der Waals surface area contributed by atoms with Gasteiger partial charge in [0, 0.05) is 37.0 Å². The molecule has 2 fully saturated rings. The largest absolute Gasteiger partial charge is 0.497 e. The molecule has 3 heterocycles. The Morgan fingerprint density at radius 3 is 2.88 bits per heavy atom. The molecule has 1 aromatic heterocycles. The highest BCUT2D eigenvalue weighted by molar-refractivity contribution is 8.01. The first-order valence-electron chi connectivity index (χ1n) is 8.31. The van der Waals surface area contributed by atoms with Crippen LogP contribution in [0.1, 0.15) is 16.8 Å². The van der Waals surface area contributed by atoms with Crippen LogP contribution in [-0.2, 0) is 0 Å². The van der Waals surface area contributed by atoms with E-state index in [2.05, 4.69) is 4.98 Å². The first kappa shape index (κ1) is 16.3. The lowest BCUT2D eigenvalue weighted by molar-refractivity contribution is 0.0517. The van der Waals surface area contributed by atoms with Crippen molar-refractivity contribution in [1.82, 2.24) is 9.88 Å². The fraction of sp³-hybridized carbons (Fsp3) is 0.368. The summed E-state index contributed by atoms with van der Waals surface area (Å²) in [5.74, 6) is 2.55. The number of methoxy groups -OCH3 is 1. The van der Waals surface area contributed by atoms with E-state index < -0.39 is 0 Å². The zero-order chi connectivity index (χ0) is 17.3. The van der Waals surface area contributed by atoms with Crippen molar-refractivity contribution in [3.8, 4) is 11.5 Å². The summed E-state index contributed by atoms with van der Waals surface area (Å²) >= 11 is 1.92. The van der Waals surface area contributed by atoms with E-state index in [4.69, 9.17) is 9.47 Å². The Labute approximate surface area is 151 Å². The van der Waals surface area contributed by atoms with Crippen LogP contribution in [0.2, 0.25) is 0 Å². The van der Waals surface area contributed by atoms with Crippen LogP contribution >= 0.6 is 11.8 Å². The maximum atomic E-state index is 12.6. The summed E-state index contributed by atoms with van der Waals surface area (Å²) in [5.41, 5.74) is 0.681. The van der Waals surface area contributed by atoms with Crippen molar-refractivity contribution >= 4 is 17.7 Å². The van der Waals surface area contributed by atoms with E-state index in [9.17, 15) is 4.79 Å². The van der Waals surface area contributed by atoms with Gasteiger partial charge in [0.2, 0.25) is 0 Å². The molecule has 130 valence electrons. The average molecular weight is 356 g/mol. The number of ether oxygens (including phenoxy) is 2. The summed E-state index contributed by atoms with van der Waals surface area (Å²) in [6, 6.07) is 11.1. The highest BCUT2D eigenvalue weighted by Crippen LogP contribution is 2.46. The maximum Gasteiger partial charge on any atom is 0.254 e. The molecule has 1 aromatic carbocycles. The quantitative estimate of drug-likeness (QED) is 0.843. The standard InChI is InChI=1S/C19H20N2O3S/c1-23-15-5-2-4-14(8-15)18(22)21-12-19(13-21)9-17(11-25-19)24-16-6-3-7-20-10-16/h2-8,10,17H,9,11-13H2,1H3/t17-/m0/s1. The molecule has 25 heavy (non-hydrogen) atoms. The number of benzene rings is 1. The minimum atomic E-state index is 0.0711. The molecule has 0 N–H and O–H groups in total. The third kappa shape index (κ3) is 3.31. The first-order chi connectivity index (χ1) is 12.2. The third-order valence-electron chi connectivity index (χ3n) is 4.67. The van der Waals surface area contributed by atoms with E-state index >= 15 is 0 Å². The Balaban J connectivity index is 1.34. The second-order valence-corrected chi connectivity index (χ2v) is 8.01. The molecule has 0 unspecified atom stereocenters. The van der Waals surface area contributed by atoms with Gasteiger partial charge in [0.05, 0.1) is 18.1 Å². The van der Waals surface area contributed by atoms with Crippen molar-refractivity contribution in [2.45, 2.75) is 17.3 Å². The molecule has 2 aromatic rings. The van der Waals surface area contributed by atoms with Crippen molar-refractivity contribution in [2.24, 2.45) is 0 Å². The molecule has 6 heteroatoms. The molecule has 0 bridgehead atoms. The number of carbonyl (C=O) groups is 1. The highest BCUT2D eigenvalue weighted by Gasteiger charge is 2.51. The average Bonchev–Trinajstić information content (AvgIpc) is 3.05. The summed E-state index contributed by atoms with van der Waals surface area (Å²) in [4.78, 5) is 18.6. The van der Waals surface area contributed by atoms with Crippen LogP contribution in [0.25, 0.3) is 0 Å². The molecule has 1 amide bonds. The highest BCUT2D eigenvalue weighted by atomic mass is 32.2. The molecular formula is C19H20N2O3S. The van der Waals surface area contributed by atoms with Crippen molar-refractivity contribution < 1.29 is 14.3 Å². The van der Waals surface area contributed by atoms with Gasteiger partial charge in [-0.3, -0.25) is 9.78 Å². The Morgan fingerprint density at radius 2 is 2.12 bits per heavy atom. The molecule has 0 radical (unpaired) electrons. The smallest absolute Gasteiger partial charge is 0.254 e. The van der Waals surface area contributed by atoms with Crippen molar-refractivity contribution in [3.05, 3.63) is 54.4 Å². The van der Waals surface area contributed by atoms with Gasteiger partial charge in [-0.25, -0.2) is 0 Å². The van der Waals surface area contributed by atoms with E-state index in [0.717, 1.165) is 31.0 Å². The normalized spacial score (nSPS) is 21.0. The fourth-order valence-corrected chi connectivity index (χ4v) is 4.96. The zero-order valence-electron chi connectivity index (χ0n) is 14.1. The predicted octanol–water partition coefficient (Wildman–Crippen LogP) is 2.87.